The van der Waals surface area contributed by atoms with Crippen LogP contribution in [-0.2, 0) is 0 Å². The molecule has 0 rings (SSSR count). The van der Waals surface area contributed by atoms with E-state index in [-0.39, 0.29) is 0 Å². The number of rotatable bonds is 1. The average molecular weight is 280 g/mol. The predicted molar refractivity (Wildman–Crippen MR) is 44.7 cm³/mol. The first kappa shape index (κ1) is 21.6. The largest absolute Gasteiger partial charge is 0.450 e. The summed E-state index contributed by atoms with van der Waals surface area (Å²) >= 11 is 0. The Labute approximate surface area is 92.8 Å². The van der Waals surface area contributed by atoms with E-state index in [1.54, 1.807) is 0 Å². The lowest BCUT2D eigenvalue weighted by Gasteiger charge is -2.00. The minimum absolute atomic E-state index is 1.32. The van der Waals surface area contributed by atoms with Crippen molar-refractivity contribution in [2.45, 2.75) is 45.5 Å². The highest BCUT2D eigenvalue weighted by molar-refractivity contribution is 4.48. The average Bonchev–Trinajstić information content (AvgIpc) is 2.16. The maximum atomic E-state index is 10.4. The van der Waals surface area contributed by atoms with Gasteiger partial charge in [-0.2, -0.15) is 26.3 Å². The maximum absolute atomic E-state index is 10.4. The molecule has 0 aromatic rings. The van der Waals surface area contributed by atoms with E-state index < -0.39 is 25.5 Å². The van der Waals surface area contributed by atoms with Crippen molar-refractivity contribution in [3.8, 4) is 0 Å². The van der Waals surface area contributed by atoms with E-state index in [2.05, 4.69) is 13.8 Å². The lowest BCUT2D eigenvalue weighted by Crippen LogP contribution is -2.18. The molecule has 0 nitrogen and oxygen atoms in total. The van der Waals surface area contributed by atoms with Gasteiger partial charge < -0.3 is 0 Å². The van der Waals surface area contributed by atoms with E-state index in [9.17, 15) is 39.5 Å². The number of hydrogen-bond donors (Lipinski definition) is 0. The Hall–Kier alpha value is -0.630. The zero-order valence-corrected chi connectivity index (χ0v) is 9.10. The van der Waals surface area contributed by atoms with E-state index >= 15 is 0 Å². The van der Waals surface area contributed by atoms with Crippen molar-refractivity contribution >= 4 is 0 Å². The Morgan fingerprint density at radius 3 is 1.00 bits per heavy atom. The summed E-state index contributed by atoms with van der Waals surface area (Å²) in [7, 11) is 0. The molecule has 108 valence electrons. The highest BCUT2D eigenvalue weighted by Crippen LogP contribution is 2.22. The fraction of sp³-hybridized carbons (Fsp3) is 1.00. The molecule has 0 unspecified atom stereocenters. The van der Waals surface area contributed by atoms with Crippen LogP contribution in [0, 0.1) is 0 Å². The SMILES string of the molecule is CCCC.FC(F)C(F)(F)F.FCC(F)(F)F. The first-order valence-electron chi connectivity index (χ1n) is 4.39. The zero-order chi connectivity index (χ0) is 14.7. The van der Waals surface area contributed by atoms with Gasteiger partial charge in [0.2, 0.25) is 0 Å². The summed E-state index contributed by atoms with van der Waals surface area (Å²) < 4.78 is 93.7. The fourth-order valence-corrected chi connectivity index (χ4v) is 0. The third-order valence-electron chi connectivity index (χ3n) is 0.899. The molecule has 0 aliphatic rings. The van der Waals surface area contributed by atoms with E-state index in [1.165, 1.54) is 12.8 Å². The van der Waals surface area contributed by atoms with Crippen molar-refractivity contribution in [2.24, 2.45) is 0 Å². The first-order chi connectivity index (χ1) is 7.42. The van der Waals surface area contributed by atoms with Gasteiger partial charge in [0.25, 0.3) is 0 Å². The Morgan fingerprint density at radius 2 is 1.00 bits per heavy atom. The molecular formula is C8H13F9. The van der Waals surface area contributed by atoms with Gasteiger partial charge in [0.15, 0.2) is 6.67 Å². The molecule has 9 heteroatoms. The van der Waals surface area contributed by atoms with Crippen LogP contribution < -0.4 is 0 Å². The summed E-state index contributed by atoms with van der Waals surface area (Å²) in [6, 6.07) is 0. The molecule has 0 atom stereocenters. The maximum Gasteiger partial charge on any atom is 0.450 e. The van der Waals surface area contributed by atoms with Crippen LogP contribution in [0.4, 0.5) is 39.5 Å². The minimum Gasteiger partial charge on any atom is -0.241 e. The summed E-state index contributed by atoms with van der Waals surface area (Å²) in [6.07, 6.45) is -11.5. The molecule has 0 spiro atoms. The van der Waals surface area contributed by atoms with Crippen LogP contribution in [0.15, 0.2) is 0 Å². The van der Waals surface area contributed by atoms with Gasteiger partial charge in [0, 0.05) is 0 Å². The zero-order valence-electron chi connectivity index (χ0n) is 9.10. The molecule has 17 heavy (non-hydrogen) atoms. The van der Waals surface area contributed by atoms with Gasteiger partial charge in [0.1, 0.15) is 0 Å². The van der Waals surface area contributed by atoms with Crippen LogP contribution in [0.3, 0.4) is 0 Å². The Morgan fingerprint density at radius 1 is 0.824 bits per heavy atom. The monoisotopic (exact) mass is 280 g/mol. The summed E-state index contributed by atoms with van der Waals surface area (Å²) in [5.74, 6) is 0. The van der Waals surface area contributed by atoms with Crippen molar-refractivity contribution < 1.29 is 39.5 Å². The van der Waals surface area contributed by atoms with E-state index in [0.29, 0.717) is 0 Å². The number of hydrogen-bond acceptors (Lipinski definition) is 0. The second-order valence-corrected chi connectivity index (χ2v) is 2.59. The molecule has 0 aliphatic heterocycles. The molecule has 0 fully saturated rings. The molecule has 0 N–H and O–H groups in total. The number of alkyl halides is 9. The minimum atomic E-state index is -5.33. The third kappa shape index (κ3) is 31.3. The normalized spacial score (nSPS) is 11.3. The van der Waals surface area contributed by atoms with Gasteiger partial charge in [-0.25, -0.2) is 13.2 Å². The Balaban J connectivity index is -0.000000180. The van der Waals surface area contributed by atoms with Crippen molar-refractivity contribution in [3.05, 3.63) is 0 Å². The Kier molecular flexibility index (Phi) is 13.4. The number of halogens is 9. The second-order valence-electron chi connectivity index (χ2n) is 2.59. The molecular weight excluding hydrogens is 267 g/mol. The summed E-state index contributed by atoms with van der Waals surface area (Å²) in [5, 5.41) is 0. The highest BCUT2D eigenvalue weighted by atomic mass is 19.4. The molecule has 0 aliphatic carbocycles. The van der Waals surface area contributed by atoms with Gasteiger partial charge in [-0.15, -0.1) is 0 Å². The van der Waals surface area contributed by atoms with Gasteiger partial charge in [-0.3, -0.25) is 0 Å². The molecule has 0 amide bonds. The molecule has 0 aromatic heterocycles. The van der Waals surface area contributed by atoms with Crippen LogP contribution in [0.25, 0.3) is 0 Å². The molecule has 0 radical (unpaired) electrons. The lowest BCUT2D eigenvalue weighted by molar-refractivity contribution is -0.219. The molecule has 0 bridgehead atoms. The van der Waals surface area contributed by atoms with Crippen molar-refractivity contribution in [3.63, 3.8) is 0 Å². The lowest BCUT2D eigenvalue weighted by atomic mass is 10.4. The molecule has 0 aromatic carbocycles. The van der Waals surface area contributed by atoms with E-state index in [1.807, 2.05) is 0 Å². The van der Waals surface area contributed by atoms with Gasteiger partial charge in [-0.05, 0) is 0 Å². The molecule has 0 saturated heterocycles. The van der Waals surface area contributed by atoms with E-state index in [4.69, 9.17) is 0 Å². The van der Waals surface area contributed by atoms with Crippen LogP contribution in [0.5, 0.6) is 0 Å². The highest BCUT2D eigenvalue weighted by Gasteiger charge is 2.40. The van der Waals surface area contributed by atoms with Gasteiger partial charge in [-0.1, -0.05) is 26.7 Å². The van der Waals surface area contributed by atoms with Crippen molar-refractivity contribution in [1.29, 1.82) is 0 Å². The standard InChI is InChI=1S/C4H10.C2HF5.C2H2F4/c1-3-4-2;3-1(4)2(5,6)7;3-1-2(4,5)6/h3-4H2,1-2H3;1H;1H2. The topological polar surface area (TPSA) is 0 Å². The van der Waals surface area contributed by atoms with E-state index in [0.717, 1.165) is 0 Å². The molecule has 0 heterocycles. The molecule has 0 saturated carbocycles. The summed E-state index contributed by atoms with van der Waals surface area (Å²) in [4.78, 5) is 0. The van der Waals surface area contributed by atoms with Crippen LogP contribution in [0.1, 0.15) is 26.7 Å². The first-order valence-corrected chi connectivity index (χ1v) is 4.39. The van der Waals surface area contributed by atoms with Gasteiger partial charge in [0.05, 0.1) is 0 Å². The van der Waals surface area contributed by atoms with Crippen LogP contribution in [-0.4, -0.2) is 25.5 Å². The quantitative estimate of drug-likeness (QED) is 0.583. The fourth-order valence-electron chi connectivity index (χ4n) is 0. The number of unbranched alkanes of at least 4 members (excludes halogenated alkanes) is 1. The Bertz CT molecular complexity index is 144. The van der Waals surface area contributed by atoms with Crippen molar-refractivity contribution in [1.82, 2.24) is 0 Å². The summed E-state index contributed by atoms with van der Waals surface area (Å²) in [5.41, 5.74) is 0. The van der Waals surface area contributed by atoms with Gasteiger partial charge >= 0.3 is 18.8 Å². The predicted octanol–water partition coefficient (Wildman–Crippen LogP) is 5.14. The smallest absolute Gasteiger partial charge is 0.241 e. The van der Waals surface area contributed by atoms with Crippen molar-refractivity contribution in [2.75, 3.05) is 6.67 Å². The second kappa shape index (κ2) is 10.5. The van der Waals surface area contributed by atoms with Crippen LogP contribution in [0.2, 0.25) is 0 Å². The van der Waals surface area contributed by atoms with Crippen LogP contribution >= 0.6 is 0 Å². The third-order valence-corrected chi connectivity index (χ3v) is 0.899. The summed E-state index contributed by atoms with van der Waals surface area (Å²) in [6.45, 7) is 2.13.